The number of rotatable bonds is 4. The van der Waals surface area contributed by atoms with Gasteiger partial charge in [-0.2, -0.15) is 5.10 Å². The van der Waals surface area contributed by atoms with Crippen LogP contribution in [0.25, 0.3) is 20.2 Å². The van der Waals surface area contributed by atoms with Crippen LogP contribution >= 0.6 is 11.3 Å². The van der Waals surface area contributed by atoms with Gasteiger partial charge in [0.25, 0.3) is 5.56 Å². The zero-order chi connectivity index (χ0) is 20.7. The molecule has 148 valence electrons. The van der Waals surface area contributed by atoms with Gasteiger partial charge >= 0.3 is 0 Å². The van der Waals surface area contributed by atoms with Gasteiger partial charge in [0.2, 0.25) is 5.91 Å². The number of carbonyl (C=O) groups excluding carboxylic acids is 1. The lowest BCUT2D eigenvalue weighted by Gasteiger charge is -2.18. The zero-order valence-electron chi connectivity index (χ0n) is 16.9. The molecule has 4 rings (SSSR count). The fraction of sp³-hybridized carbons (Fsp3) is 0.261. The largest absolute Gasteiger partial charge is 0.324 e. The summed E-state index contributed by atoms with van der Waals surface area (Å²) in [5, 5.41) is 9.06. The third-order valence-electron chi connectivity index (χ3n) is 5.23. The average Bonchev–Trinajstić information content (AvgIpc) is 3.09. The minimum atomic E-state index is -0.676. The molecule has 29 heavy (non-hydrogen) atoms. The van der Waals surface area contributed by atoms with Crippen LogP contribution in [-0.2, 0) is 4.79 Å². The number of amides is 1. The Kier molecular flexibility index (Phi) is 4.96. The summed E-state index contributed by atoms with van der Waals surface area (Å²) in [6, 6.07) is 13.1. The summed E-state index contributed by atoms with van der Waals surface area (Å²) >= 11 is 1.57. The number of hydrogen-bond donors (Lipinski definition) is 1. The van der Waals surface area contributed by atoms with Crippen LogP contribution in [0.15, 0.2) is 47.3 Å². The normalized spacial score (nSPS) is 12.4. The van der Waals surface area contributed by atoms with E-state index in [0.717, 1.165) is 37.3 Å². The van der Waals surface area contributed by atoms with Crippen molar-refractivity contribution in [1.29, 1.82) is 0 Å². The van der Waals surface area contributed by atoms with Gasteiger partial charge in [0.15, 0.2) is 0 Å². The maximum Gasteiger partial charge on any atom is 0.276 e. The highest BCUT2D eigenvalue weighted by Crippen LogP contribution is 2.33. The van der Waals surface area contributed by atoms with Crippen molar-refractivity contribution in [2.75, 3.05) is 5.32 Å². The van der Waals surface area contributed by atoms with E-state index in [4.69, 9.17) is 0 Å². The van der Waals surface area contributed by atoms with E-state index < -0.39 is 6.04 Å². The second-order valence-electron chi connectivity index (χ2n) is 7.37. The van der Waals surface area contributed by atoms with Gasteiger partial charge in [-0.1, -0.05) is 42.8 Å². The lowest BCUT2D eigenvalue weighted by atomic mass is 10.1. The van der Waals surface area contributed by atoms with Crippen molar-refractivity contribution >= 4 is 43.1 Å². The third kappa shape index (κ3) is 3.34. The van der Waals surface area contributed by atoms with Gasteiger partial charge < -0.3 is 5.32 Å². The Morgan fingerprint density at radius 2 is 1.93 bits per heavy atom. The summed E-state index contributed by atoms with van der Waals surface area (Å²) < 4.78 is 3.29. The number of benzene rings is 2. The van der Waals surface area contributed by atoms with Crippen LogP contribution in [0.3, 0.4) is 0 Å². The third-order valence-corrected chi connectivity index (χ3v) is 6.51. The standard InChI is InChI=1S/C23H23N3O2S/c1-5-18(22(27)24-17-11-10-13(2)12-14(17)3)26-23(28)20-16-8-6-7-9-19(16)29-21(20)15(4)25-26/h6-12,18H,5H2,1-4H3,(H,24,27)/t18-/m0/s1. The first kappa shape index (κ1) is 19.3. The van der Waals surface area contributed by atoms with E-state index in [-0.39, 0.29) is 11.5 Å². The van der Waals surface area contributed by atoms with Crippen molar-refractivity contribution < 1.29 is 4.79 Å². The molecule has 0 fully saturated rings. The van der Waals surface area contributed by atoms with E-state index in [2.05, 4.69) is 10.4 Å². The number of anilines is 1. The Bertz CT molecular complexity index is 1300. The lowest BCUT2D eigenvalue weighted by molar-refractivity contribution is -0.119. The summed E-state index contributed by atoms with van der Waals surface area (Å²) in [5.41, 5.74) is 3.43. The molecule has 2 heterocycles. The Balaban J connectivity index is 1.81. The number of nitrogens with one attached hydrogen (secondary N) is 1. The Morgan fingerprint density at radius 3 is 2.66 bits per heavy atom. The molecule has 0 bridgehead atoms. The second-order valence-corrected chi connectivity index (χ2v) is 8.42. The average molecular weight is 406 g/mol. The van der Waals surface area contributed by atoms with Crippen LogP contribution in [0, 0.1) is 20.8 Å². The summed E-state index contributed by atoms with van der Waals surface area (Å²) in [5.74, 6) is -0.229. The van der Waals surface area contributed by atoms with Crippen molar-refractivity contribution in [3.8, 4) is 0 Å². The molecule has 0 saturated carbocycles. The van der Waals surface area contributed by atoms with Crippen LogP contribution in [0.4, 0.5) is 5.69 Å². The summed E-state index contributed by atoms with van der Waals surface area (Å²) in [6.07, 6.45) is 0.469. The highest BCUT2D eigenvalue weighted by atomic mass is 32.1. The molecule has 1 N–H and O–H groups in total. The fourth-order valence-corrected chi connectivity index (χ4v) is 4.86. The van der Waals surface area contributed by atoms with E-state index in [1.54, 1.807) is 11.3 Å². The second kappa shape index (κ2) is 7.44. The zero-order valence-corrected chi connectivity index (χ0v) is 17.8. The molecule has 0 unspecified atom stereocenters. The van der Waals surface area contributed by atoms with Gasteiger partial charge in [0.05, 0.1) is 15.8 Å². The molecule has 0 spiro atoms. The number of aryl methyl sites for hydroxylation is 3. The molecule has 6 heteroatoms. The molecule has 5 nitrogen and oxygen atoms in total. The lowest BCUT2D eigenvalue weighted by Crippen LogP contribution is -2.35. The molecule has 0 aliphatic heterocycles. The van der Waals surface area contributed by atoms with Gasteiger partial charge in [-0.15, -0.1) is 11.3 Å². The van der Waals surface area contributed by atoms with Crippen LogP contribution in [-0.4, -0.2) is 15.7 Å². The Hall–Kier alpha value is -2.99. The minimum absolute atomic E-state index is 0.217. The van der Waals surface area contributed by atoms with Crippen LogP contribution in [0.2, 0.25) is 0 Å². The molecule has 0 aliphatic rings. The van der Waals surface area contributed by atoms with Crippen molar-refractivity contribution in [3.63, 3.8) is 0 Å². The predicted molar refractivity (Wildman–Crippen MR) is 120 cm³/mol. The van der Waals surface area contributed by atoms with E-state index in [9.17, 15) is 9.59 Å². The molecule has 2 aromatic carbocycles. The van der Waals surface area contributed by atoms with E-state index >= 15 is 0 Å². The molecular formula is C23H23N3O2S. The number of thiophene rings is 1. The molecule has 1 amide bonds. The maximum absolute atomic E-state index is 13.4. The summed E-state index contributed by atoms with van der Waals surface area (Å²) in [6.45, 7) is 7.76. The van der Waals surface area contributed by atoms with Crippen molar-refractivity contribution in [3.05, 3.63) is 69.6 Å². The monoisotopic (exact) mass is 405 g/mol. The van der Waals surface area contributed by atoms with Crippen molar-refractivity contribution in [1.82, 2.24) is 9.78 Å². The number of carbonyl (C=O) groups is 1. The van der Waals surface area contributed by atoms with Gasteiger partial charge in [-0.05, 0) is 44.9 Å². The fourth-order valence-electron chi connectivity index (χ4n) is 3.73. The van der Waals surface area contributed by atoms with Crippen LogP contribution in [0.5, 0.6) is 0 Å². The highest BCUT2D eigenvalue weighted by Gasteiger charge is 2.24. The number of aromatic nitrogens is 2. The van der Waals surface area contributed by atoms with E-state index in [1.165, 1.54) is 4.68 Å². The van der Waals surface area contributed by atoms with Gasteiger partial charge in [-0.3, -0.25) is 9.59 Å². The molecule has 0 radical (unpaired) electrons. The van der Waals surface area contributed by atoms with Crippen LogP contribution in [0.1, 0.15) is 36.2 Å². The molecule has 1 atom stereocenters. The highest BCUT2D eigenvalue weighted by molar-refractivity contribution is 7.26. The SMILES string of the molecule is CC[C@@H](C(=O)Nc1ccc(C)cc1C)n1nc(C)c2sc3ccccc3c2c1=O. The first-order chi connectivity index (χ1) is 13.9. The Morgan fingerprint density at radius 1 is 1.17 bits per heavy atom. The van der Waals surface area contributed by atoms with Crippen molar-refractivity contribution in [2.24, 2.45) is 0 Å². The van der Waals surface area contributed by atoms with Crippen LogP contribution < -0.4 is 10.9 Å². The molecule has 4 aromatic rings. The number of fused-ring (bicyclic) bond motifs is 3. The predicted octanol–water partition coefficient (Wildman–Crippen LogP) is 5.13. The number of hydrogen-bond acceptors (Lipinski definition) is 4. The van der Waals surface area contributed by atoms with Gasteiger partial charge in [0.1, 0.15) is 6.04 Å². The molecule has 0 saturated heterocycles. The van der Waals surface area contributed by atoms with E-state index in [1.807, 2.05) is 70.2 Å². The first-order valence-electron chi connectivity index (χ1n) is 9.69. The maximum atomic E-state index is 13.4. The number of nitrogens with zero attached hydrogens (tertiary/aromatic N) is 2. The molecule has 0 aliphatic carbocycles. The summed E-state index contributed by atoms with van der Waals surface area (Å²) in [7, 11) is 0. The summed E-state index contributed by atoms with van der Waals surface area (Å²) in [4.78, 5) is 26.4. The quantitative estimate of drug-likeness (QED) is 0.512. The first-order valence-corrected chi connectivity index (χ1v) is 10.5. The Labute approximate surface area is 173 Å². The smallest absolute Gasteiger partial charge is 0.276 e. The van der Waals surface area contributed by atoms with Gasteiger partial charge in [0, 0.05) is 15.8 Å². The minimum Gasteiger partial charge on any atom is -0.324 e. The van der Waals surface area contributed by atoms with Gasteiger partial charge in [-0.25, -0.2) is 4.68 Å². The van der Waals surface area contributed by atoms with E-state index in [0.29, 0.717) is 11.8 Å². The van der Waals surface area contributed by atoms with Crippen molar-refractivity contribution in [2.45, 2.75) is 40.2 Å². The topological polar surface area (TPSA) is 64.0 Å². The molecular weight excluding hydrogens is 382 g/mol. The molecule has 2 aromatic heterocycles.